The van der Waals surface area contributed by atoms with Gasteiger partial charge in [-0.15, -0.1) is 0 Å². The van der Waals surface area contributed by atoms with E-state index in [-0.39, 0.29) is 37.0 Å². The molecular formula is C24H22F6N4O2. The summed E-state index contributed by atoms with van der Waals surface area (Å²) in [6, 6.07) is 7.02. The molecule has 2 bridgehead atoms. The maximum Gasteiger partial charge on any atom is 0.433 e. The topological polar surface area (TPSA) is 58.0 Å². The van der Waals surface area contributed by atoms with E-state index in [0.29, 0.717) is 25.3 Å². The summed E-state index contributed by atoms with van der Waals surface area (Å²) in [5.74, 6) is -0.788. The molecular weight excluding hydrogens is 490 g/mol. The van der Waals surface area contributed by atoms with Crippen LogP contribution in [0.15, 0.2) is 41.6 Å². The molecule has 5 rings (SSSR count). The first-order valence-electron chi connectivity index (χ1n) is 11.4. The Morgan fingerprint density at radius 2 is 1.83 bits per heavy atom. The number of aromatic nitrogens is 1. The van der Waals surface area contributed by atoms with Gasteiger partial charge in [0.1, 0.15) is 11.5 Å². The van der Waals surface area contributed by atoms with Crippen LogP contribution < -0.4 is 4.90 Å². The number of amidine groups is 1. The SMILES string of the molecule is Cc1cccc(CN2C(=O)CON=C2[C@@H]2[C@H]3CC[C@H](C3)N2c2cc(C(F)(F)F)cc(C(F)(F)F)n2)c1. The first-order valence-corrected chi connectivity index (χ1v) is 11.4. The highest BCUT2D eigenvalue weighted by atomic mass is 19.4. The van der Waals surface area contributed by atoms with Gasteiger partial charge in [0, 0.05) is 6.04 Å². The molecule has 1 aliphatic carbocycles. The van der Waals surface area contributed by atoms with Crippen LogP contribution in [0.2, 0.25) is 0 Å². The normalized spacial score (nSPS) is 24.2. The Morgan fingerprint density at radius 1 is 1.06 bits per heavy atom. The molecule has 6 nitrogen and oxygen atoms in total. The van der Waals surface area contributed by atoms with Crippen molar-refractivity contribution in [2.24, 2.45) is 11.1 Å². The van der Waals surface area contributed by atoms with Crippen LogP contribution in [0.25, 0.3) is 0 Å². The number of oxime groups is 1. The predicted molar refractivity (Wildman–Crippen MR) is 117 cm³/mol. The Labute approximate surface area is 202 Å². The molecule has 1 aromatic carbocycles. The average molecular weight is 512 g/mol. The fourth-order valence-corrected chi connectivity index (χ4v) is 5.39. The number of anilines is 1. The monoisotopic (exact) mass is 512 g/mol. The number of rotatable bonds is 4. The lowest BCUT2D eigenvalue weighted by Gasteiger charge is -2.40. The summed E-state index contributed by atoms with van der Waals surface area (Å²) in [7, 11) is 0. The van der Waals surface area contributed by atoms with E-state index in [1.54, 1.807) is 0 Å². The van der Waals surface area contributed by atoms with Crippen LogP contribution in [-0.2, 0) is 28.5 Å². The Bertz CT molecular complexity index is 1180. The number of halogens is 6. The standard InChI is InChI=1S/C24H22F6N4O2/c1-13-3-2-4-14(7-13)11-33-20(35)12-36-32-22(33)21-15-5-6-17(8-15)34(21)19-10-16(23(25,26)27)9-18(31-19)24(28,29)30/h2-4,7,9-10,15,17,21H,5-6,8,11-12H2,1H3/t15-,17+,21-/m0/s1. The molecule has 12 heteroatoms. The first kappa shape index (κ1) is 24.4. The highest BCUT2D eigenvalue weighted by Crippen LogP contribution is 2.47. The van der Waals surface area contributed by atoms with Crippen molar-refractivity contribution in [3.63, 3.8) is 0 Å². The van der Waals surface area contributed by atoms with Crippen molar-refractivity contribution in [2.45, 2.75) is 57.2 Å². The van der Waals surface area contributed by atoms with Gasteiger partial charge in [-0.05, 0) is 49.8 Å². The van der Waals surface area contributed by atoms with E-state index in [9.17, 15) is 31.1 Å². The van der Waals surface area contributed by atoms with Gasteiger partial charge in [-0.1, -0.05) is 35.0 Å². The van der Waals surface area contributed by atoms with Gasteiger partial charge in [0.25, 0.3) is 5.91 Å². The Hall–Kier alpha value is -3.31. The average Bonchev–Trinajstić information content (AvgIpc) is 3.41. The maximum absolute atomic E-state index is 13.5. The third-order valence-corrected chi connectivity index (χ3v) is 6.89. The molecule has 0 N–H and O–H groups in total. The van der Waals surface area contributed by atoms with Crippen LogP contribution in [0, 0.1) is 12.8 Å². The lowest BCUT2D eigenvalue weighted by atomic mass is 9.96. The lowest BCUT2D eigenvalue weighted by molar-refractivity contribution is -0.145. The number of alkyl halides is 6. The number of piperidine rings is 1. The fraction of sp³-hybridized carbons (Fsp3) is 0.458. The second-order valence-electron chi connectivity index (χ2n) is 9.37. The zero-order valence-electron chi connectivity index (χ0n) is 19.1. The third kappa shape index (κ3) is 4.48. The molecule has 1 aromatic heterocycles. The molecule has 36 heavy (non-hydrogen) atoms. The zero-order chi connectivity index (χ0) is 25.8. The van der Waals surface area contributed by atoms with E-state index in [1.807, 2.05) is 31.2 Å². The molecule has 1 saturated heterocycles. The van der Waals surface area contributed by atoms with Crippen molar-refractivity contribution in [3.8, 4) is 0 Å². The van der Waals surface area contributed by atoms with E-state index in [2.05, 4.69) is 10.1 Å². The molecule has 0 radical (unpaired) electrons. The van der Waals surface area contributed by atoms with E-state index in [1.165, 1.54) is 9.80 Å². The number of carbonyl (C=O) groups excluding carboxylic acids is 1. The van der Waals surface area contributed by atoms with Gasteiger partial charge in [0.2, 0.25) is 0 Å². The molecule has 0 unspecified atom stereocenters. The van der Waals surface area contributed by atoms with Gasteiger partial charge in [-0.3, -0.25) is 9.69 Å². The van der Waals surface area contributed by atoms with Crippen LogP contribution in [0.3, 0.4) is 0 Å². The van der Waals surface area contributed by atoms with E-state index >= 15 is 0 Å². The maximum atomic E-state index is 13.5. The van der Waals surface area contributed by atoms with Crippen molar-refractivity contribution < 1.29 is 36.0 Å². The molecule has 0 spiro atoms. The summed E-state index contributed by atoms with van der Waals surface area (Å²) < 4.78 is 81.1. The Kier molecular flexibility index (Phi) is 5.87. The molecule has 2 fully saturated rings. The highest BCUT2D eigenvalue weighted by Gasteiger charge is 2.52. The summed E-state index contributed by atoms with van der Waals surface area (Å²) in [4.78, 5) is 24.5. The number of carbonyl (C=O) groups is 1. The number of aryl methyl sites for hydroxylation is 1. The van der Waals surface area contributed by atoms with Crippen LogP contribution in [0.1, 0.15) is 41.6 Å². The van der Waals surface area contributed by atoms with Gasteiger partial charge in [0.15, 0.2) is 12.4 Å². The number of benzene rings is 1. The smallest absolute Gasteiger partial charge is 0.384 e. The van der Waals surface area contributed by atoms with Crippen molar-refractivity contribution in [1.29, 1.82) is 0 Å². The van der Waals surface area contributed by atoms with Crippen molar-refractivity contribution in [3.05, 3.63) is 58.8 Å². The quantitative estimate of drug-likeness (QED) is 0.532. The second-order valence-corrected chi connectivity index (χ2v) is 9.37. The molecule has 2 aromatic rings. The Morgan fingerprint density at radius 3 is 2.53 bits per heavy atom. The molecule has 3 heterocycles. The minimum atomic E-state index is -5.07. The van der Waals surface area contributed by atoms with E-state index in [0.717, 1.165) is 11.1 Å². The molecule has 3 atom stereocenters. The summed E-state index contributed by atoms with van der Waals surface area (Å²) in [5.41, 5.74) is -1.27. The summed E-state index contributed by atoms with van der Waals surface area (Å²) in [5, 5.41) is 4.11. The second kappa shape index (κ2) is 8.67. The summed E-state index contributed by atoms with van der Waals surface area (Å²) in [6.45, 7) is 1.74. The van der Waals surface area contributed by atoms with Gasteiger partial charge in [-0.2, -0.15) is 26.3 Å². The van der Waals surface area contributed by atoms with Gasteiger partial charge >= 0.3 is 12.4 Å². The van der Waals surface area contributed by atoms with E-state index < -0.39 is 41.4 Å². The molecule has 3 aliphatic rings. The Balaban J connectivity index is 1.57. The van der Waals surface area contributed by atoms with Crippen LogP contribution in [0.4, 0.5) is 32.2 Å². The fourth-order valence-electron chi connectivity index (χ4n) is 5.39. The molecule has 1 amide bonds. The number of pyridine rings is 1. The summed E-state index contributed by atoms with van der Waals surface area (Å²) in [6.07, 6.45) is -8.24. The molecule has 2 aliphatic heterocycles. The van der Waals surface area contributed by atoms with Crippen molar-refractivity contribution >= 4 is 17.6 Å². The molecule has 1 saturated carbocycles. The highest BCUT2D eigenvalue weighted by molar-refractivity contribution is 6.04. The summed E-state index contributed by atoms with van der Waals surface area (Å²) >= 11 is 0. The van der Waals surface area contributed by atoms with E-state index in [4.69, 9.17) is 4.84 Å². The predicted octanol–water partition coefficient (Wildman–Crippen LogP) is 5.16. The third-order valence-electron chi connectivity index (χ3n) is 6.89. The number of fused-ring (bicyclic) bond motifs is 2. The number of amides is 1. The first-order chi connectivity index (χ1) is 16.9. The van der Waals surface area contributed by atoms with Crippen LogP contribution in [0.5, 0.6) is 0 Å². The van der Waals surface area contributed by atoms with Gasteiger partial charge < -0.3 is 9.74 Å². The van der Waals surface area contributed by atoms with Crippen molar-refractivity contribution in [2.75, 3.05) is 11.5 Å². The zero-order valence-corrected chi connectivity index (χ0v) is 19.1. The van der Waals surface area contributed by atoms with Crippen molar-refractivity contribution in [1.82, 2.24) is 9.88 Å². The number of hydrogen-bond acceptors (Lipinski definition) is 5. The van der Waals surface area contributed by atoms with Crippen LogP contribution >= 0.6 is 0 Å². The largest absolute Gasteiger partial charge is 0.433 e. The lowest BCUT2D eigenvalue weighted by Crippen LogP contribution is -2.55. The number of nitrogens with zero attached hydrogens (tertiary/aromatic N) is 4. The van der Waals surface area contributed by atoms with Gasteiger partial charge in [-0.25, -0.2) is 4.98 Å². The minimum absolute atomic E-state index is 0.0155. The van der Waals surface area contributed by atoms with Gasteiger partial charge in [0.05, 0.1) is 18.2 Å². The minimum Gasteiger partial charge on any atom is -0.384 e. The number of hydrogen-bond donors (Lipinski definition) is 0. The molecule has 192 valence electrons. The van der Waals surface area contributed by atoms with Crippen LogP contribution in [-0.4, -0.2) is 40.3 Å².